The normalized spacial score (nSPS) is 10.8. The first kappa shape index (κ1) is 22.5. The Morgan fingerprint density at radius 1 is 0.788 bits per heavy atom. The van der Waals surface area contributed by atoms with Crippen LogP contribution in [0.2, 0.25) is 0 Å². The van der Waals surface area contributed by atoms with E-state index in [0.717, 1.165) is 11.3 Å². The van der Waals surface area contributed by atoms with E-state index in [9.17, 15) is 4.79 Å². The number of fused-ring (bicyclic) bond motifs is 1. The van der Waals surface area contributed by atoms with E-state index >= 15 is 0 Å². The highest BCUT2D eigenvalue weighted by Gasteiger charge is 2.17. The number of thioether (sulfide) groups is 1. The maximum absolute atomic E-state index is 13.6. The van der Waals surface area contributed by atoms with Crippen molar-refractivity contribution in [1.82, 2.24) is 9.55 Å². The second-order valence-corrected chi connectivity index (χ2v) is 8.04. The number of methoxy groups -OCH3 is 4. The van der Waals surface area contributed by atoms with Crippen molar-refractivity contribution in [3.05, 3.63) is 76.6 Å². The van der Waals surface area contributed by atoms with Gasteiger partial charge in [0.2, 0.25) is 0 Å². The van der Waals surface area contributed by atoms with Crippen molar-refractivity contribution in [3.63, 3.8) is 0 Å². The summed E-state index contributed by atoms with van der Waals surface area (Å²) in [6.45, 7) is 0. The smallest absolute Gasteiger partial charge is 0.266 e. The van der Waals surface area contributed by atoms with Gasteiger partial charge in [-0.2, -0.15) is 0 Å². The number of hydrogen-bond acceptors (Lipinski definition) is 7. The van der Waals surface area contributed by atoms with Crippen LogP contribution in [-0.4, -0.2) is 38.0 Å². The van der Waals surface area contributed by atoms with Gasteiger partial charge < -0.3 is 18.9 Å². The highest BCUT2D eigenvalue weighted by Crippen LogP contribution is 2.32. The minimum Gasteiger partial charge on any atom is -0.497 e. The molecule has 4 rings (SSSR count). The van der Waals surface area contributed by atoms with Crippen LogP contribution in [0.25, 0.3) is 16.6 Å². The van der Waals surface area contributed by atoms with Crippen molar-refractivity contribution in [2.45, 2.75) is 10.9 Å². The predicted molar refractivity (Wildman–Crippen MR) is 130 cm³/mol. The molecule has 0 bridgehead atoms. The summed E-state index contributed by atoms with van der Waals surface area (Å²) in [6.07, 6.45) is 0. The Labute approximate surface area is 195 Å². The molecular weight excluding hydrogens is 440 g/mol. The lowest BCUT2D eigenvalue weighted by molar-refractivity contribution is 0.355. The molecule has 0 aliphatic carbocycles. The second-order valence-electron chi connectivity index (χ2n) is 7.09. The minimum absolute atomic E-state index is 0.191. The lowest BCUT2D eigenvalue weighted by Crippen LogP contribution is -2.22. The number of rotatable bonds is 8. The lowest BCUT2D eigenvalue weighted by Gasteiger charge is -2.15. The molecule has 0 aliphatic rings. The molecular formula is C25H24N2O5S. The van der Waals surface area contributed by atoms with Gasteiger partial charge in [0.05, 0.1) is 45.0 Å². The minimum atomic E-state index is -0.191. The van der Waals surface area contributed by atoms with Gasteiger partial charge in [-0.3, -0.25) is 9.36 Å². The summed E-state index contributed by atoms with van der Waals surface area (Å²) in [5.41, 5.74) is 2.13. The van der Waals surface area contributed by atoms with Gasteiger partial charge >= 0.3 is 0 Å². The monoisotopic (exact) mass is 464 g/mol. The van der Waals surface area contributed by atoms with Crippen molar-refractivity contribution in [3.8, 4) is 28.7 Å². The molecule has 1 heterocycles. The third-order valence-corrected chi connectivity index (χ3v) is 6.21. The molecule has 0 aliphatic heterocycles. The summed E-state index contributed by atoms with van der Waals surface area (Å²) >= 11 is 1.48. The Kier molecular flexibility index (Phi) is 6.74. The average molecular weight is 465 g/mol. The van der Waals surface area contributed by atoms with Crippen LogP contribution >= 0.6 is 11.8 Å². The average Bonchev–Trinajstić information content (AvgIpc) is 2.87. The zero-order valence-electron chi connectivity index (χ0n) is 18.8. The van der Waals surface area contributed by atoms with E-state index in [1.807, 2.05) is 48.5 Å². The molecule has 3 aromatic carbocycles. The van der Waals surface area contributed by atoms with E-state index in [2.05, 4.69) is 0 Å². The summed E-state index contributed by atoms with van der Waals surface area (Å²) < 4.78 is 22.9. The molecule has 0 radical (unpaired) electrons. The van der Waals surface area contributed by atoms with Gasteiger partial charge in [0.1, 0.15) is 11.5 Å². The van der Waals surface area contributed by atoms with Crippen LogP contribution in [0.1, 0.15) is 5.56 Å². The van der Waals surface area contributed by atoms with Gasteiger partial charge in [-0.15, -0.1) is 0 Å². The van der Waals surface area contributed by atoms with Crippen molar-refractivity contribution in [1.29, 1.82) is 0 Å². The molecule has 4 aromatic rings. The molecule has 0 saturated carbocycles. The summed E-state index contributed by atoms with van der Waals surface area (Å²) in [6, 6.07) is 18.5. The van der Waals surface area contributed by atoms with E-state index in [4.69, 9.17) is 23.9 Å². The molecule has 0 fully saturated rings. The molecule has 0 atom stereocenters. The Hall–Kier alpha value is -3.65. The molecule has 0 N–H and O–H groups in total. The van der Waals surface area contributed by atoms with Gasteiger partial charge in [-0.1, -0.05) is 23.9 Å². The summed E-state index contributed by atoms with van der Waals surface area (Å²) in [7, 11) is 6.34. The van der Waals surface area contributed by atoms with Crippen LogP contribution in [0.3, 0.4) is 0 Å². The maximum Gasteiger partial charge on any atom is 0.266 e. The summed E-state index contributed by atoms with van der Waals surface area (Å²) in [5.74, 6) is 3.13. The SMILES string of the molecule is COc1ccc(CSc2nc3cc(OC)c(OC)cc3c(=O)n2-c2ccc(OC)cc2)cc1. The first-order chi connectivity index (χ1) is 16.1. The number of ether oxygens (including phenoxy) is 4. The van der Waals surface area contributed by atoms with Crippen molar-refractivity contribution >= 4 is 22.7 Å². The number of benzene rings is 3. The zero-order chi connectivity index (χ0) is 23.4. The zero-order valence-corrected chi connectivity index (χ0v) is 19.6. The third kappa shape index (κ3) is 4.61. The fraction of sp³-hybridized carbons (Fsp3) is 0.200. The van der Waals surface area contributed by atoms with Gasteiger partial charge in [0, 0.05) is 11.8 Å². The fourth-order valence-electron chi connectivity index (χ4n) is 3.42. The van der Waals surface area contributed by atoms with E-state index < -0.39 is 0 Å². The topological polar surface area (TPSA) is 71.8 Å². The predicted octanol–water partition coefficient (Wildman–Crippen LogP) is 4.71. The van der Waals surface area contributed by atoms with Crippen LogP contribution < -0.4 is 24.5 Å². The van der Waals surface area contributed by atoms with Gasteiger partial charge in [0.25, 0.3) is 5.56 Å². The first-order valence-electron chi connectivity index (χ1n) is 10.2. The molecule has 0 amide bonds. The molecule has 8 heteroatoms. The van der Waals surface area contributed by atoms with Gasteiger partial charge in [-0.05, 0) is 48.0 Å². The third-order valence-electron chi connectivity index (χ3n) is 5.20. The molecule has 1 aromatic heterocycles. The molecule has 7 nitrogen and oxygen atoms in total. The van der Waals surface area contributed by atoms with Crippen molar-refractivity contribution < 1.29 is 18.9 Å². The largest absolute Gasteiger partial charge is 0.497 e. The van der Waals surface area contributed by atoms with E-state index in [1.165, 1.54) is 18.9 Å². The maximum atomic E-state index is 13.6. The molecule has 0 unspecified atom stereocenters. The second kappa shape index (κ2) is 9.87. The summed E-state index contributed by atoms with van der Waals surface area (Å²) in [5, 5.41) is 1.01. The number of nitrogens with zero attached hydrogens (tertiary/aromatic N) is 2. The first-order valence-corrected chi connectivity index (χ1v) is 11.2. The Morgan fingerprint density at radius 2 is 1.36 bits per heavy atom. The van der Waals surface area contributed by atoms with Crippen molar-refractivity contribution in [2.75, 3.05) is 28.4 Å². The number of aromatic nitrogens is 2. The molecule has 0 saturated heterocycles. The molecule has 33 heavy (non-hydrogen) atoms. The standard InChI is InChI=1S/C25H24N2O5S/c1-29-18-9-5-16(6-10-18)15-33-25-26-21-14-23(32-4)22(31-3)13-20(21)24(28)27(25)17-7-11-19(30-2)12-8-17/h5-14H,15H2,1-4H3. The van der Waals surface area contributed by atoms with Crippen LogP contribution in [0, 0.1) is 0 Å². The Balaban J connectivity index is 1.84. The lowest BCUT2D eigenvalue weighted by atomic mass is 10.2. The fourth-order valence-corrected chi connectivity index (χ4v) is 4.39. The number of hydrogen-bond donors (Lipinski definition) is 0. The Bertz CT molecular complexity index is 1320. The quantitative estimate of drug-likeness (QED) is 0.276. The summed E-state index contributed by atoms with van der Waals surface area (Å²) in [4.78, 5) is 18.5. The van der Waals surface area contributed by atoms with Crippen LogP contribution in [-0.2, 0) is 5.75 Å². The van der Waals surface area contributed by atoms with Crippen LogP contribution in [0.5, 0.6) is 23.0 Å². The van der Waals surface area contributed by atoms with E-state index in [0.29, 0.717) is 44.7 Å². The molecule has 0 spiro atoms. The van der Waals surface area contributed by atoms with Gasteiger partial charge in [0.15, 0.2) is 16.7 Å². The highest BCUT2D eigenvalue weighted by atomic mass is 32.2. The van der Waals surface area contributed by atoms with Crippen molar-refractivity contribution in [2.24, 2.45) is 0 Å². The van der Waals surface area contributed by atoms with E-state index in [-0.39, 0.29) is 5.56 Å². The van der Waals surface area contributed by atoms with Gasteiger partial charge in [-0.25, -0.2) is 4.98 Å². The van der Waals surface area contributed by atoms with Crippen LogP contribution in [0.4, 0.5) is 0 Å². The highest BCUT2D eigenvalue weighted by molar-refractivity contribution is 7.98. The Morgan fingerprint density at radius 3 is 1.94 bits per heavy atom. The van der Waals surface area contributed by atoms with Crippen LogP contribution in [0.15, 0.2) is 70.6 Å². The molecule has 170 valence electrons. The van der Waals surface area contributed by atoms with E-state index in [1.54, 1.807) is 38.0 Å².